The van der Waals surface area contributed by atoms with E-state index in [-0.39, 0.29) is 6.10 Å². The molecule has 1 aromatic carbocycles. The fourth-order valence-corrected chi connectivity index (χ4v) is 2.25. The summed E-state index contributed by atoms with van der Waals surface area (Å²) in [6.45, 7) is 1.89. The van der Waals surface area contributed by atoms with Crippen molar-refractivity contribution >= 4 is 11.8 Å². The van der Waals surface area contributed by atoms with Crippen molar-refractivity contribution in [3.63, 3.8) is 0 Å². The van der Waals surface area contributed by atoms with Crippen LogP contribution in [-0.2, 0) is 16.2 Å². The molecular formula is C13H16N2O2S. The van der Waals surface area contributed by atoms with E-state index in [2.05, 4.69) is 22.3 Å². The van der Waals surface area contributed by atoms with Gasteiger partial charge in [0.1, 0.15) is 6.10 Å². The fourth-order valence-electron chi connectivity index (χ4n) is 1.43. The van der Waals surface area contributed by atoms with Gasteiger partial charge in [-0.05, 0) is 12.5 Å². The third kappa shape index (κ3) is 3.58. The molecule has 2 rings (SSSR count). The summed E-state index contributed by atoms with van der Waals surface area (Å²) in [6.07, 6.45) is -0.123. The average molecular weight is 264 g/mol. The third-order valence-electron chi connectivity index (χ3n) is 2.54. The summed E-state index contributed by atoms with van der Waals surface area (Å²) in [6, 6.07) is 10.3. The lowest BCUT2D eigenvalue weighted by molar-refractivity contribution is 0.109. The van der Waals surface area contributed by atoms with Crippen molar-refractivity contribution < 1.29 is 9.26 Å². The first-order valence-electron chi connectivity index (χ1n) is 5.76. The molecule has 0 unspecified atom stereocenters. The normalized spacial score (nSPS) is 12.6. The largest absolute Gasteiger partial charge is 0.374 e. The summed E-state index contributed by atoms with van der Waals surface area (Å²) >= 11 is 1.76. The Morgan fingerprint density at radius 1 is 1.28 bits per heavy atom. The topological polar surface area (TPSA) is 48.2 Å². The predicted octanol–water partition coefficient (Wildman–Crippen LogP) is 3.21. The smallest absolute Gasteiger partial charge is 0.236 e. The van der Waals surface area contributed by atoms with Crippen LogP contribution in [0.2, 0.25) is 0 Å². The number of nitrogens with zero attached hydrogens (tertiary/aromatic N) is 2. The number of thioether (sulfide) groups is 1. The maximum atomic E-state index is 5.16. The SMILES string of the molecule is CO[C@@H](C)c1noc(CSCc2ccccc2)n1. The zero-order valence-corrected chi connectivity index (χ0v) is 11.3. The van der Waals surface area contributed by atoms with Gasteiger partial charge < -0.3 is 9.26 Å². The van der Waals surface area contributed by atoms with Crippen LogP contribution in [0.25, 0.3) is 0 Å². The minimum absolute atomic E-state index is 0.123. The van der Waals surface area contributed by atoms with Crippen LogP contribution in [0.15, 0.2) is 34.9 Å². The summed E-state index contributed by atoms with van der Waals surface area (Å²) in [7, 11) is 1.63. The van der Waals surface area contributed by atoms with Gasteiger partial charge in [0.05, 0.1) is 5.75 Å². The summed E-state index contributed by atoms with van der Waals surface area (Å²) in [4.78, 5) is 4.29. The first-order chi connectivity index (χ1) is 8.79. The fraction of sp³-hybridized carbons (Fsp3) is 0.385. The van der Waals surface area contributed by atoms with Crippen LogP contribution < -0.4 is 0 Å². The van der Waals surface area contributed by atoms with E-state index in [0.717, 1.165) is 11.5 Å². The monoisotopic (exact) mass is 264 g/mol. The van der Waals surface area contributed by atoms with Crippen LogP contribution in [0, 0.1) is 0 Å². The molecule has 1 atom stereocenters. The molecular weight excluding hydrogens is 248 g/mol. The van der Waals surface area contributed by atoms with Gasteiger partial charge in [-0.1, -0.05) is 35.5 Å². The van der Waals surface area contributed by atoms with Crippen LogP contribution in [0.5, 0.6) is 0 Å². The number of methoxy groups -OCH3 is 1. The Bertz CT molecular complexity index is 473. The Balaban J connectivity index is 1.82. The van der Waals surface area contributed by atoms with Gasteiger partial charge >= 0.3 is 0 Å². The van der Waals surface area contributed by atoms with Crippen LogP contribution in [0.1, 0.15) is 30.3 Å². The van der Waals surface area contributed by atoms with Crippen molar-refractivity contribution in [3.8, 4) is 0 Å². The number of ether oxygens (including phenoxy) is 1. The Labute approximate surface area is 111 Å². The Morgan fingerprint density at radius 3 is 2.78 bits per heavy atom. The number of hydrogen-bond donors (Lipinski definition) is 0. The van der Waals surface area contributed by atoms with Gasteiger partial charge in [-0.15, -0.1) is 11.8 Å². The Hall–Kier alpha value is -1.33. The molecule has 0 amide bonds. The predicted molar refractivity (Wildman–Crippen MR) is 71.2 cm³/mol. The third-order valence-corrected chi connectivity index (χ3v) is 3.53. The van der Waals surface area contributed by atoms with Crippen LogP contribution in [0.4, 0.5) is 0 Å². The van der Waals surface area contributed by atoms with Gasteiger partial charge in [0.25, 0.3) is 0 Å². The molecule has 0 spiro atoms. The lowest BCUT2D eigenvalue weighted by Gasteiger charge is -2.01. The van der Waals surface area contributed by atoms with Crippen LogP contribution in [-0.4, -0.2) is 17.3 Å². The van der Waals surface area contributed by atoms with Crippen LogP contribution in [0.3, 0.4) is 0 Å². The second kappa shape index (κ2) is 6.56. The van der Waals surface area contributed by atoms with Crippen molar-refractivity contribution in [1.82, 2.24) is 10.1 Å². The average Bonchev–Trinajstić information content (AvgIpc) is 2.88. The standard InChI is InChI=1S/C13H16N2O2S/c1-10(16-2)13-14-12(17-15-13)9-18-8-11-6-4-3-5-7-11/h3-7,10H,8-9H2,1-2H3/t10-/m0/s1. The van der Waals surface area contributed by atoms with Gasteiger partial charge in [0, 0.05) is 12.9 Å². The van der Waals surface area contributed by atoms with Gasteiger partial charge in [0.2, 0.25) is 5.89 Å². The van der Waals surface area contributed by atoms with Gasteiger partial charge in [-0.2, -0.15) is 4.98 Å². The molecule has 0 bridgehead atoms. The molecule has 2 aromatic rings. The van der Waals surface area contributed by atoms with E-state index in [1.54, 1.807) is 18.9 Å². The molecule has 0 saturated carbocycles. The summed E-state index contributed by atoms with van der Waals surface area (Å²) < 4.78 is 10.3. The van der Waals surface area contributed by atoms with Crippen LogP contribution >= 0.6 is 11.8 Å². The zero-order chi connectivity index (χ0) is 12.8. The highest BCUT2D eigenvalue weighted by Gasteiger charge is 2.12. The molecule has 0 aliphatic carbocycles. The molecule has 1 heterocycles. The molecule has 4 nitrogen and oxygen atoms in total. The van der Waals surface area contributed by atoms with Crippen molar-refractivity contribution in [2.24, 2.45) is 0 Å². The van der Waals surface area contributed by atoms with Crippen molar-refractivity contribution in [1.29, 1.82) is 0 Å². The van der Waals surface area contributed by atoms with E-state index in [1.165, 1.54) is 5.56 Å². The molecule has 96 valence electrons. The summed E-state index contributed by atoms with van der Waals surface area (Å²) in [5.41, 5.74) is 1.30. The minimum atomic E-state index is -0.123. The summed E-state index contributed by atoms with van der Waals surface area (Å²) in [5.74, 6) is 2.92. The molecule has 5 heteroatoms. The Kier molecular flexibility index (Phi) is 4.78. The van der Waals surface area contributed by atoms with Crippen molar-refractivity contribution in [2.75, 3.05) is 7.11 Å². The number of rotatable bonds is 6. The molecule has 0 N–H and O–H groups in total. The number of aromatic nitrogens is 2. The molecule has 1 aromatic heterocycles. The first-order valence-corrected chi connectivity index (χ1v) is 6.92. The molecule has 0 fully saturated rings. The molecule has 0 saturated heterocycles. The second-order valence-corrected chi connectivity index (χ2v) is 4.89. The lowest BCUT2D eigenvalue weighted by Crippen LogP contribution is -1.98. The Morgan fingerprint density at radius 2 is 2.06 bits per heavy atom. The first kappa shape index (κ1) is 13.1. The second-order valence-electron chi connectivity index (χ2n) is 3.90. The molecule has 0 aliphatic heterocycles. The molecule has 18 heavy (non-hydrogen) atoms. The maximum Gasteiger partial charge on any atom is 0.236 e. The van der Waals surface area contributed by atoms with E-state index in [1.807, 2.05) is 25.1 Å². The highest BCUT2D eigenvalue weighted by atomic mass is 32.2. The zero-order valence-electron chi connectivity index (χ0n) is 10.5. The van der Waals surface area contributed by atoms with E-state index in [4.69, 9.17) is 9.26 Å². The molecule has 0 aliphatic rings. The van der Waals surface area contributed by atoms with E-state index in [9.17, 15) is 0 Å². The van der Waals surface area contributed by atoms with Crippen molar-refractivity contribution in [3.05, 3.63) is 47.6 Å². The maximum absolute atomic E-state index is 5.16. The highest BCUT2D eigenvalue weighted by Crippen LogP contribution is 2.18. The van der Waals surface area contributed by atoms with Gasteiger partial charge in [-0.3, -0.25) is 0 Å². The van der Waals surface area contributed by atoms with E-state index >= 15 is 0 Å². The van der Waals surface area contributed by atoms with E-state index in [0.29, 0.717) is 11.7 Å². The summed E-state index contributed by atoms with van der Waals surface area (Å²) in [5, 5.41) is 3.89. The number of benzene rings is 1. The van der Waals surface area contributed by atoms with Crippen molar-refractivity contribution in [2.45, 2.75) is 24.5 Å². The highest BCUT2D eigenvalue weighted by molar-refractivity contribution is 7.97. The number of hydrogen-bond acceptors (Lipinski definition) is 5. The quantitative estimate of drug-likeness (QED) is 0.801. The van der Waals surface area contributed by atoms with E-state index < -0.39 is 0 Å². The lowest BCUT2D eigenvalue weighted by atomic mass is 10.2. The minimum Gasteiger partial charge on any atom is -0.374 e. The molecule has 0 radical (unpaired) electrons. The van der Waals surface area contributed by atoms with Gasteiger partial charge in [-0.25, -0.2) is 0 Å². The van der Waals surface area contributed by atoms with Gasteiger partial charge in [0.15, 0.2) is 5.82 Å².